The van der Waals surface area contributed by atoms with E-state index in [0.29, 0.717) is 16.7 Å². The Balaban J connectivity index is 0.000000276. The highest BCUT2D eigenvalue weighted by Crippen LogP contribution is 2.48. The predicted molar refractivity (Wildman–Crippen MR) is 279 cm³/mol. The van der Waals surface area contributed by atoms with Crippen molar-refractivity contribution >= 4 is 43.8 Å². The van der Waals surface area contributed by atoms with Crippen LogP contribution in [-0.4, -0.2) is 31.3 Å². The highest BCUT2D eigenvalue weighted by Gasteiger charge is 2.66. The summed E-state index contributed by atoms with van der Waals surface area (Å²) in [6, 6.07) is 36.0. The number of hydrogen-bond acceptors (Lipinski definition) is 6. The van der Waals surface area contributed by atoms with Crippen LogP contribution in [0.5, 0.6) is 0 Å². The minimum absolute atomic E-state index is 0.0521. The van der Waals surface area contributed by atoms with Crippen LogP contribution in [0.1, 0.15) is 112 Å². The van der Waals surface area contributed by atoms with Crippen LogP contribution in [0.4, 0.5) is 26.3 Å². The SMILES string of the molecule is CC(C)(C)c1ccc(-c2c(F)ccc(SCl)c2-c2ccc(C(C)(C)C)cc2)cc1.CC(C)(C)c1ccc(-c2c(F)ccc(SOS(=O)(=O)C(F)(F)C(F)(F)CCO)c2-c2ccc(C(C)(C)C)cc2)cc1. The van der Waals surface area contributed by atoms with Crippen LogP contribution in [0.25, 0.3) is 44.5 Å². The Morgan fingerprint density at radius 1 is 0.471 bits per heavy atom. The zero-order valence-corrected chi connectivity index (χ0v) is 44.7. The van der Waals surface area contributed by atoms with Gasteiger partial charge in [0.05, 0.1) is 12.0 Å². The second-order valence-corrected chi connectivity index (χ2v) is 24.9. The Hall–Kier alpha value is -4.24. The van der Waals surface area contributed by atoms with Crippen molar-refractivity contribution in [2.45, 2.75) is 132 Å². The van der Waals surface area contributed by atoms with Gasteiger partial charge < -0.3 is 5.11 Å². The fraction of sp³-hybridized carbons (Fsp3) is 0.357. The molecule has 0 unspecified atom stereocenters. The van der Waals surface area contributed by atoms with Gasteiger partial charge in [-0.05, 0) is 112 Å². The number of alkyl halides is 4. The molecule has 0 aliphatic rings. The zero-order chi connectivity index (χ0) is 52.4. The minimum Gasteiger partial charge on any atom is -0.396 e. The largest absolute Gasteiger partial charge is 0.432 e. The summed E-state index contributed by atoms with van der Waals surface area (Å²) in [4.78, 5) is 0.765. The normalized spacial score (nSPS) is 13.0. The van der Waals surface area contributed by atoms with Gasteiger partial charge in [-0.15, -0.1) is 0 Å². The molecule has 0 aliphatic heterocycles. The van der Waals surface area contributed by atoms with E-state index in [2.05, 4.69) is 81.6 Å². The molecular formula is C56H61ClF6O4S3. The molecule has 0 heterocycles. The first-order valence-corrected chi connectivity index (χ1v) is 26.4. The third kappa shape index (κ3) is 12.9. The van der Waals surface area contributed by atoms with Crippen molar-refractivity contribution in [1.82, 2.24) is 0 Å². The lowest BCUT2D eigenvalue weighted by molar-refractivity contribution is -0.167. The molecule has 0 fully saturated rings. The first-order valence-electron chi connectivity index (χ1n) is 22.6. The predicted octanol–water partition coefficient (Wildman–Crippen LogP) is 17.7. The van der Waals surface area contributed by atoms with Crippen LogP contribution in [0, 0.1) is 11.6 Å². The van der Waals surface area contributed by atoms with Crippen LogP contribution >= 0.6 is 33.7 Å². The van der Waals surface area contributed by atoms with Crippen LogP contribution in [-0.2, 0) is 35.4 Å². The topological polar surface area (TPSA) is 63.6 Å². The Labute approximate surface area is 423 Å². The third-order valence-electron chi connectivity index (χ3n) is 11.9. The van der Waals surface area contributed by atoms with Gasteiger partial charge in [0, 0.05) is 45.1 Å². The number of halogens is 7. The molecule has 0 aliphatic carbocycles. The molecule has 6 aromatic carbocycles. The van der Waals surface area contributed by atoms with Gasteiger partial charge in [-0.2, -0.15) is 29.6 Å². The maximum absolute atomic E-state index is 15.5. The molecule has 0 aromatic heterocycles. The molecule has 376 valence electrons. The molecule has 6 aromatic rings. The Bertz CT molecular complexity index is 2860. The first kappa shape index (κ1) is 56.7. The van der Waals surface area contributed by atoms with Gasteiger partial charge in [0.25, 0.3) is 0 Å². The number of aliphatic hydroxyl groups excluding tert-OH is 1. The molecule has 0 spiro atoms. The second-order valence-electron chi connectivity index (χ2n) is 21.3. The summed E-state index contributed by atoms with van der Waals surface area (Å²) in [7, 11) is 1.11. The lowest BCUT2D eigenvalue weighted by Gasteiger charge is -2.25. The smallest absolute Gasteiger partial charge is 0.396 e. The summed E-state index contributed by atoms with van der Waals surface area (Å²) in [6.07, 6.45) is -1.79. The second kappa shape index (κ2) is 21.5. The molecule has 0 saturated heterocycles. The minimum atomic E-state index is -6.20. The average molecular weight is 1040 g/mol. The van der Waals surface area contributed by atoms with Crippen molar-refractivity contribution < 1.29 is 43.5 Å². The van der Waals surface area contributed by atoms with E-state index in [9.17, 15) is 26.0 Å². The molecule has 70 heavy (non-hydrogen) atoms. The van der Waals surface area contributed by atoms with Crippen molar-refractivity contribution in [2.24, 2.45) is 0 Å². The van der Waals surface area contributed by atoms with Crippen LogP contribution in [0.2, 0.25) is 0 Å². The van der Waals surface area contributed by atoms with Gasteiger partial charge in [0.15, 0.2) is 0 Å². The summed E-state index contributed by atoms with van der Waals surface area (Å²) in [5, 5.41) is 3.08. The van der Waals surface area contributed by atoms with Crippen molar-refractivity contribution in [3.63, 3.8) is 0 Å². The summed E-state index contributed by atoms with van der Waals surface area (Å²) in [5.74, 6) is -6.00. The average Bonchev–Trinajstić information content (AvgIpc) is 3.27. The molecule has 0 saturated carbocycles. The van der Waals surface area contributed by atoms with Gasteiger partial charge >= 0.3 is 21.3 Å². The van der Waals surface area contributed by atoms with Crippen LogP contribution in [0.3, 0.4) is 0 Å². The van der Waals surface area contributed by atoms with Gasteiger partial charge in [-0.25, -0.2) is 8.78 Å². The molecule has 1 N–H and O–H groups in total. The highest BCUT2D eigenvalue weighted by atomic mass is 35.7. The fourth-order valence-electron chi connectivity index (χ4n) is 7.53. The summed E-state index contributed by atoms with van der Waals surface area (Å²) in [6.45, 7) is 23.8. The quantitative estimate of drug-likeness (QED) is 0.0973. The number of hydrogen-bond donors (Lipinski definition) is 1. The maximum Gasteiger partial charge on any atom is 0.432 e. The fourth-order valence-corrected chi connectivity index (χ4v) is 10.2. The molecular weight excluding hydrogens is 982 g/mol. The maximum atomic E-state index is 15.5. The van der Waals surface area contributed by atoms with Gasteiger partial charge in [0.1, 0.15) is 11.6 Å². The van der Waals surface area contributed by atoms with Gasteiger partial charge in [-0.3, -0.25) is 0 Å². The highest BCUT2D eigenvalue weighted by molar-refractivity contribution is 8.21. The molecule has 14 heteroatoms. The molecule has 4 nitrogen and oxygen atoms in total. The van der Waals surface area contributed by atoms with Crippen LogP contribution < -0.4 is 0 Å². The third-order valence-corrected chi connectivity index (χ3v) is 15.3. The lowest BCUT2D eigenvalue weighted by atomic mass is 9.84. The summed E-state index contributed by atoms with van der Waals surface area (Å²) in [5.41, 5.74) is 8.42. The van der Waals surface area contributed by atoms with Crippen molar-refractivity contribution in [2.75, 3.05) is 6.61 Å². The van der Waals surface area contributed by atoms with Gasteiger partial charge in [0.2, 0.25) is 0 Å². The van der Waals surface area contributed by atoms with Crippen molar-refractivity contribution in [3.05, 3.63) is 155 Å². The van der Waals surface area contributed by atoms with E-state index in [1.807, 2.05) is 77.9 Å². The molecule has 0 radical (unpaired) electrons. The lowest BCUT2D eigenvalue weighted by Crippen LogP contribution is -2.47. The molecule has 0 atom stereocenters. The number of benzene rings is 6. The Morgan fingerprint density at radius 3 is 1.04 bits per heavy atom. The standard InChI is InChI=1S/C30H33F5O4S2.C26H28ClFS/c1-27(2,3)21-11-7-19(8-12-21)25-23(31)15-16-24(26(25)20-9-13-22(14-10-20)28(4,5)6)40-39-41(37,38)30(34,35)29(32,33)17-18-36;1-25(2,3)19-11-7-17(8-12-19)23-21(28)15-16-22(29-27)24(23)18-9-13-20(14-10-18)26(4,5)6/h7-16,36H,17-18H2,1-6H3;7-16H,1-6H3. The number of aliphatic hydroxyl groups is 1. The van der Waals surface area contributed by atoms with E-state index >= 15 is 8.78 Å². The molecule has 6 rings (SSSR count). The molecule has 0 bridgehead atoms. The zero-order valence-electron chi connectivity index (χ0n) is 41.5. The monoisotopic (exact) mass is 1040 g/mol. The molecule has 0 amide bonds. The van der Waals surface area contributed by atoms with Crippen molar-refractivity contribution in [3.8, 4) is 44.5 Å². The van der Waals surface area contributed by atoms with Gasteiger partial charge in [-0.1, -0.05) is 180 Å². The number of rotatable bonds is 12. The van der Waals surface area contributed by atoms with E-state index in [0.717, 1.165) is 55.8 Å². The first-order chi connectivity index (χ1) is 32.2. The summed E-state index contributed by atoms with van der Waals surface area (Å²) < 4.78 is 116. The van der Waals surface area contributed by atoms with E-state index < -0.39 is 40.1 Å². The van der Waals surface area contributed by atoms with E-state index in [-0.39, 0.29) is 55.5 Å². The van der Waals surface area contributed by atoms with E-state index in [4.69, 9.17) is 15.8 Å². The van der Waals surface area contributed by atoms with Crippen LogP contribution in [0.15, 0.2) is 131 Å². The summed E-state index contributed by atoms with van der Waals surface area (Å²) >= 11 is -0.0859. The van der Waals surface area contributed by atoms with Crippen molar-refractivity contribution in [1.29, 1.82) is 0 Å². The Kier molecular flexibility index (Phi) is 17.4. The Morgan fingerprint density at radius 2 is 0.757 bits per heavy atom. The van der Waals surface area contributed by atoms with E-state index in [1.54, 1.807) is 30.3 Å². The van der Waals surface area contributed by atoms with E-state index in [1.165, 1.54) is 17.2 Å².